The molecule has 0 radical (unpaired) electrons. The van der Waals surface area contributed by atoms with Crippen molar-refractivity contribution in [3.05, 3.63) is 40.3 Å². The molecule has 0 unspecified atom stereocenters. The Kier molecular flexibility index (Phi) is 4.71. The van der Waals surface area contributed by atoms with E-state index in [0.29, 0.717) is 22.9 Å². The minimum Gasteiger partial charge on any atom is -0.496 e. The molecular formula is C17H18N4O3S. The number of hydrogen-bond donors (Lipinski definition) is 2. The molecule has 0 fully saturated rings. The SMILES string of the molecule is COc1cc(C(=O)Nc2n[nH]c(-c3ccc(C)s3)n2)cc(OC)c1C. The lowest BCUT2D eigenvalue weighted by Crippen LogP contribution is -2.13. The van der Waals surface area contributed by atoms with Gasteiger partial charge in [-0.1, -0.05) is 0 Å². The molecule has 0 bridgehead atoms. The average molecular weight is 358 g/mol. The second kappa shape index (κ2) is 6.94. The van der Waals surface area contributed by atoms with Crippen LogP contribution in [0.2, 0.25) is 0 Å². The van der Waals surface area contributed by atoms with Gasteiger partial charge in [0.05, 0.1) is 19.1 Å². The van der Waals surface area contributed by atoms with Crippen molar-refractivity contribution in [3.63, 3.8) is 0 Å². The Bertz CT molecular complexity index is 891. The molecule has 2 N–H and O–H groups in total. The molecule has 1 amide bonds. The van der Waals surface area contributed by atoms with Gasteiger partial charge in [-0.15, -0.1) is 16.4 Å². The zero-order valence-electron chi connectivity index (χ0n) is 14.3. The number of carbonyl (C=O) groups excluding carboxylic acids is 1. The van der Waals surface area contributed by atoms with Gasteiger partial charge < -0.3 is 9.47 Å². The van der Waals surface area contributed by atoms with Gasteiger partial charge in [-0.05, 0) is 38.1 Å². The number of anilines is 1. The van der Waals surface area contributed by atoms with Crippen molar-refractivity contribution in [2.24, 2.45) is 0 Å². The Morgan fingerprint density at radius 3 is 2.40 bits per heavy atom. The van der Waals surface area contributed by atoms with E-state index in [1.165, 1.54) is 4.88 Å². The van der Waals surface area contributed by atoms with Crippen molar-refractivity contribution in [1.29, 1.82) is 0 Å². The van der Waals surface area contributed by atoms with Crippen molar-refractivity contribution in [2.75, 3.05) is 19.5 Å². The predicted molar refractivity (Wildman–Crippen MR) is 96.7 cm³/mol. The molecule has 0 aliphatic rings. The third-order valence-corrected chi connectivity index (χ3v) is 4.71. The maximum atomic E-state index is 12.5. The summed E-state index contributed by atoms with van der Waals surface area (Å²) in [4.78, 5) is 18.9. The second-order valence-corrected chi connectivity index (χ2v) is 6.67. The highest BCUT2D eigenvalue weighted by Gasteiger charge is 2.16. The average Bonchev–Trinajstić information content (AvgIpc) is 3.23. The van der Waals surface area contributed by atoms with Gasteiger partial charge in [-0.25, -0.2) is 0 Å². The van der Waals surface area contributed by atoms with Crippen LogP contribution < -0.4 is 14.8 Å². The lowest BCUT2D eigenvalue weighted by molar-refractivity contribution is 0.102. The van der Waals surface area contributed by atoms with Gasteiger partial charge >= 0.3 is 0 Å². The number of benzene rings is 1. The summed E-state index contributed by atoms with van der Waals surface area (Å²) in [6.45, 7) is 3.88. The largest absolute Gasteiger partial charge is 0.496 e. The number of amides is 1. The van der Waals surface area contributed by atoms with Crippen LogP contribution >= 0.6 is 11.3 Å². The van der Waals surface area contributed by atoms with E-state index < -0.39 is 0 Å². The number of ether oxygens (including phenoxy) is 2. The van der Waals surface area contributed by atoms with Gasteiger partial charge in [0.2, 0.25) is 5.95 Å². The quantitative estimate of drug-likeness (QED) is 0.729. The summed E-state index contributed by atoms with van der Waals surface area (Å²) in [5.41, 5.74) is 1.23. The number of carbonyl (C=O) groups is 1. The number of thiophene rings is 1. The third-order valence-electron chi connectivity index (χ3n) is 3.70. The van der Waals surface area contributed by atoms with E-state index in [-0.39, 0.29) is 11.9 Å². The van der Waals surface area contributed by atoms with Gasteiger partial charge in [0.1, 0.15) is 11.5 Å². The van der Waals surface area contributed by atoms with Crippen LogP contribution in [0.3, 0.4) is 0 Å². The number of methoxy groups -OCH3 is 2. The van der Waals surface area contributed by atoms with Crippen LogP contribution in [0, 0.1) is 13.8 Å². The molecule has 25 heavy (non-hydrogen) atoms. The molecule has 0 aliphatic carbocycles. The lowest BCUT2D eigenvalue weighted by Gasteiger charge is -2.12. The standard InChI is InChI=1S/C17H18N4O3S/c1-9-5-6-14(25-9)15-18-17(21-20-15)19-16(22)11-7-12(23-3)10(2)13(8-11)24-4/h5-8H,1-4H3,(H2,18,19,20,21,22). The highest BCUT2D eigenvalue weighted by molar-refractivity contribution is 7.15. The maximum absolute atomic E-state index is 12.5. The van der Waals surface area contributed by atoms with Crippen LogP contribution in [0.1, 0.15) is 20.8 Å². The molecule has 0 atom stereocenters. The Labute approximate surface area is 149 Å². The summed E-state index contributed by atoms with van der Waals surface area (Å²) in [6, 6.07) is 7.28. The number of aromatic amines is 1. The van der Waals surface area contributed by atoms with Crippen molar-refractivity contribution < 1.29 is 14.3 Å². The Hall–Kier alpha value is -2.87. The van der Waals surface area contributed by atoms with Crippen LogP contribution in [-0.4, -0.2) is 35.3 Å². The summed E-state index contributed by atoms with van der Waals surface area (Å²) in [6.07, 6.45) is 0. The van der Waals surface area contributed by atoms with Crippen LogP contribution in [0.15, 0.2) is 24.3 Å². The topological polar surface area (TPSA) is 89.1 Å². The molecule has 0 saturated carbocycles. The summed E-state index contributed by atoms with van der Waals surface area (Å²) in [5.74, 6) is 1.64. The first-order valence-corrected chi connectivity index (χ1v) is 8.36. The van der Waals surface area contributed by atoms with E-state index in [4.69, 9.17) is 9.47 Å². The highest BCUT2D eigenvalue weighted by Crippen LogP contribution is 2.30. The zero-order chi connectivity index (χ0) is 18.0. The van der Waals surface area contributed by atoms with Crippen molar-refractivity contribution >= 4 is 23.2 Å². The van der Waals surface area contributed by atoms with Crippen LogP contribution in [0.25, 0.3) is 10.7 Å². The third kappa shape index (κ3) is 3.48. The number of aryl methyl sites for hydroxylation is 1. The van der Waals surface area contributed by atoms with Crippen LogP contribution in [0.5, 0.6) is 11.5 Å². The minimum absolute atomic E-state index is 0.213. The minimum atomic E-state index is -0.343. The fraction of sp³-hybridized carbons (Fsp3) is 0.235. The predicted octanol–water partition coefficient (Wildman–Crippen LogP) is 3.42. The fourth-order valence-electron chi connectivity index (χ4n) is 2.38. The summed E-state index contributed by atoms with van der Waals surface area (Å²) in [5, 5.41) is 9.56. The molecule has 2 aromatic heterocycles. The molecule has 0 saturated heterocycles. The molecule has 130 valence electrons. The van der Waals surface area contributed by atoms with Gasteiger partial charge in [-0.3, -0.25) is 15.2 Å². The first-order chi connectivity index (χ1) is 12.0. The van der Waals surface area contributed by atoms with Crippen molar-refractivity contribution in [2.45, 2.75) is 13.8 Å². The Morgan fingerprint density at radius 1 is 1.16 bits per heavy atom. The number of H-pyrrole nitrogens is 1. The zero-order valence-corrected chi connectivity index (χ0v) is 15.2. The summed E-state index contributed by atoms with van der Waals surface area (Å²) >= 11 is 1.60. The lowest BCUT2D eigenvalue weighted by atomic mass is 10.1. The molecule has 8 heteroatoms. The highest BCUT2D eigenvalue weighted by atomic mass is 32.1. The number of nitrogens with zero attached hydrogens (tertiary/aromatic N) is 2. The van der Waals surface area contributed by atoms with Crippen molar-refractivity contribution in [3.8, 4) is 22.2 Å². The second-order valence-electron chi connectivity index (χ2n) is 5.38. The summed E-state index contributed by atoms with van der Waals surface area (Å²) in [7, 11) is 3.10. The molecule has 3 rings (SSSR count). The van der Waals surface area contributed by atoms with Gasteiger partial charge in [0, 0.05) is 16.0 Å². The number of rotatable bonds is 5. The number of hydrogen-bond acceptors (Lipinski definition) is 6. The smallest absolute Gasteiger partial charge is 0.258 e. The number of nitrogens with one attached hydrogen (secondary N) is 2. The fourth-order valence-corrected chi connectivity index (χ4v) is 3.19. The van der Waals surface area contributed by atoms with Crippen molar-refractivity contribution in [1.82, 2.24) is 15.2 Å². The molecular weight excluding hydrogens is 340 g/mol. The molecule has 0 aliphatic heterocycles. The Balaban J connectivity index is 1.82. The Morgan fingerprint density at radius 2 is 1.84 bits per heavy atom. The van der Waals surface area contributed by atoms with Gasteiger partial charge in [0.15, 0.2) is 5.82 Å². The first-order valence-electron chi connectivity index (χ1n) is 7.55. The van der Waals surface area contributed by atoms with E-state index in [1.807, 2.05) is 26.0 Å². The number of aromatic nitrogens is 3. The van der Waals surface area contributed by atoms with E-state index in [0.717, 1.165) is 10.4 Å². The maximum Gasteiger partial charge on any atom is 0.258 e. The van der Waals surface area contributed by atoms with Crippen LogP contribution in [-0.2, 0) is 0 Å². The van der Waals surface area contributed by atoms with Crippen LogP contribution in [0.4, 0.5) is 5.95 Å². The first kappa shape index (κ1) is 17.0. The van der Waals surface area contributed by atoms with E-state index in [2.05, 4.69) is 20.5 Å². The molecule has 3 aromatic rings. The normalized spacial score (nSPS) is 10.6. The van der Waals surface area contributed by atoms with E-state index >= 15 is 0 Å². The van der Waals surface area contributed by atoms with Gasteiger partial charge in [0.25, 0.3) is 5.91 Å². The molecule has 0 spiro atoms. The monoisotopic (exact) mass is 358 g/mol. The molecule has 2 heterocycles. The molecule has 1 aromatic carbocycles. The van der Waals surface area contributed by atoms with E-state index in [9.17, 15) is 4.79 Å². The van der Waals surface area contributed by atoms with E-state index in [1.54, 1.807) is 37.7 Å². The summed E-state index contributed by atoms with van der Waals surface area (Å²) < 4.78 is 10.6. The van der Waals surface area contributed by atoms with Gasteiger partial charge in [-0.2, -0.15) is 4.98 Å². The molecule has 7 nitrogen and oxygen atoms in total.